The van der Waals surface area contributed by atoms with Gasteiger partial charge in [0.2, 0.25) is 0 Å². The van der Waals surface area contributed by atoms with Crippen molar-refractivity contribution in [3.8, 4) is 11.1 Å². The molecule has 164 valence electrons. The first-order valence-electron chi connectivity index (χ1n) is 9.94. The molecule has 0 fully saturated rings. The van der Waals surface area contributed by atoms with Crippen LogP contribution >= 0.6 is 0 Å². The molecule has 0 heterocycles. The SMILES string of the molecule is CC(C)(C)OC(=O)NCN(CC(=O)O)C(=O)OCC1c2ccccc2-c2ccccc21. The lowest BCUT2D eigenvalue weighted by atomic mass is 9.98. The van der Waals surface area contributed by atoms with Gasteiger partial charge in [0.1, 0.15) is 25.4 Å². The number of carboxylic acid groups (broad SMARTS) is 1. The minimum Gasteiger partial charge on any atom is -0.480 e. The van der Waals surface area contributed by atoms with E-state index in [1.165, 1.54) is 0 Å². The molecule has 31 heavy (non-hydrogen) atoms. The summed E-state index contributed by atoms with van der Waals surface area (Å²) in [7, 11) is 0. The molecule has 3 rings (SSSR count). The second-order valence-corrected chi connectivity index (χ2v) is 8.23. The first-order valence-corrected chi connectivity index (χ1v) is 9.94. The normalized spacial score (nSPS) is 12.5. The Morgan fingerprint density at radius 1 is 1.00 bits per heavy atom. The molecular weight excluding hydrogens is 400 g/mol. The van der Waals surface area contributed by atoms with Gasteiger partial charge in [-0.3, -0.25) is 9.69 Å². The maximum absolute atomic E-state index is 12.6. The molecule has 0 bridgehead atoms. The molecule has 2 N–H and O–H groups in total. The van der Waals surface area contributed by atoms with Gasteiger partial charge < -0.3 is 19.9 Å². The Bertz CT molecular complexity index is 937. The van der Waals surface area contributed by atoms with Gasteiger partial charge in [0.15, 0.2) is 0 Å². The van der Waals surface area contributed by atoms with E-state index in [0.29, 0.717) is 0 Å². The fraction of sp³-hybridized carbons (Fsp3) is 0.348. The molecule has 8 heteroatoms. The van der Waals surface area contributed by atoms with E-state index in [2.05, 4.69) is 5.32 Å². The number of amides is 2. The number of alkyl carbamates (subject to hydrolysis) is 1. The predicted octanol–water partition coefficient (Wildman–Crippen LogP) is 3.80. The van der Waals surface area contributed by atoms with Crippen LogP contribution in [0.5, 0.6) is 0 Å². The number of fused-ring (bicyclic) bond motifs is 3. The van der Waals surface area contributed by atoms with Gasteiger partial charge in [0, 0.05) is 5.92 Å². The van der Waals surface area contributed by atoms with Gasteiger partial charge in [-0.1, -0.05) is 48.5 Å². The molecule has 2 aromatic carbocycles. The van der Waals surface area contributed by atoms with Gasteiger partial charge in [-0.2, -0.15) is 0 Å². The van der Waals surface area contributed by atoms with Crippen LogP contribution in [0.1, 0.15) is 37.8 Å². The second kappa shape index (κ2) is 9.07. The summed E-state index contributed by atoms with van der Waals surface area (Å²) in [5.41, 5.74) is 3.56. The minimum atomic E-state index is -1.22. The molecule has 0 atom stereocenters. The van der Waals surface area contributed by atoms with Crippen LogP contribution in [0, 0.1) is 0 Å². The van der Waals surface area contributed by atoms with Gasteiger partial charge in [-0.15, -0.1) is 0 Å². The number of hydrogen-bond acceptors (Lipinski definition) is 5. The van der Waals surface area contributed by atoms with Crippen molar-refractivity contribution in [1.29, 1.82) is 0 Å². The molecule has 2 amide bonds. The van der Waals surface area contributed by atoms with Crippen molar-refractivity contribution in [3.63, 3.8) is 0 Å². The van der Waals surface area contributed by atoms with Gasteiger partial charge in [0.05, 0.1) is 0 Å². The van der Waals surface area contributed by atoms with E-state index in [1.807, 2.05) is 48.5 Å². The van der Waals surface area contributed by atoms with Crippen LogP contribution in [0.3, 0.4) is 0 Å². The molecule has 0 saturated carbocycles. The standard InChI is InChI=1S/C23H26N2O6/c1-23(2,3)31-21(28)24-14-25(12-20(26)27)22(29)30-13-19-17-10-6-4-8-15(17)16-9-5-7-11-18(16)19/h4-11,19H,12-14H2,1-3H3,(H,24,28)(H,26,27). The highest BCUT2D eigenvalue weighted by Crippen LogP contribution is 2.44. The smallest absolute Gasteiger partial charge is 0.411 e. The van der Waals surface area contributed by atoms with Gasteiger partial charge in [-0.25, -0.2) is 9.59 Å². The zero-order chi connectivity index (χ0) is 22.6. The summed E-state index contributed by atoms with van der Waals surface area (Å²) in [6.07, 6.45) is -1.59. The Morgan fingerprint density at radius 2 is 1.55 bits per heavy atom. The summed E-state index contributed by atoms with van der Waals surface area (Å²) < 4.78 is 10.6. The largest absolute Gasteiger partial charge is 0.480 e. The van der Waals surface area contributed by atoms with E-state index < -0.39 is 30.3 Å². The van der Waals surface area contributed by atoms with Crippen LogP contribution in [0.2, 0.25) is 0 Å². The summed E-state index contributed by atoms with van der Waals surface area (Å²) in [4.78, 5) is 36.5. The lowest BCUT2D eigenvalue weighted by Crippen LogP contribution is -2.45. The third-order valence-corrected chi connectivity index (χ3v) is 4.73. The third-order valence-electron chi connectivity index (χ3n) is 4.73. The molecular formula is C23H26N2O6. The predicted molar refractivity (Wildman–Crippen MR) is 114 cm³/mol. The summed E-state index contributed by atoms with van der Waals surface area (Å²) in [6.45, 7) is 4.19. The summed E-state index contributed by atoms with van der Waals surface area (Å²) in [5, 5.41) is 11.5. The molecule has 0 aliphatic heterocycles. The van der Waals surface area contributed by atoms with Gasteiger partial charge >= 0.3 is 18.2 Å². The van der Waals surface area contributed by atoms with Gasteiger partial charge in [0.25, 0.3) is 0 Å². The van der Waals surface area contributed by atoms with E-state index in [1.54, 1.807) is 20.8 Å². The Balaban J connectivity index is 1.67. The van der Waals surface area contributed by atoms with E-state index in [4.69, 9.17) is 14.6 Å². The zero-order valence-electron chi connectivity index (χ0n) is 17.8. The quantitative estimate of drug-likeness (QED) is 0.681. The number of ether oxygens (including phenoxy) is 2. The average molecular weight is 426 g/mol. The molecule has 1 aliphatic carbocycles. The highest BCUT2D eigenvalue weighted by molar-refractivity contribution is 5.80. The van der Waals surface area contributed by atoms with Crippen LogP contribution < -0.4 is 5.32 Å². The first kappa shape index (κ1) is 22.1. The Morgan fingerprint density at radius 3 is 2.06 bits per heavy atom. The highest BCUT2D eigenvalue weighted by atomic mass is 16.6. The summed E-state index contributed by atoms with van der Waals surface area (Å²) in [5.74, 6) is -1.37. The Hall–Kier alpha value is -3.55. The van der Waals surface area contributed by atoms with E-state index in [0.717, 1.165) is 27.2 Å². The van der Waals surface area contributed by atoms with Crippen LogP contribution in [0.15, 0.2) is 48.5 Å². The second-order valence-electron chi connectivity index (χ2n) is 8.23. The number of hydrogen-bond donors (Lipinski definition) is 2. The lowest BCUT2D eigenvalue weighted by molar-refractivity contribution is -0.138. The van der Waals surface area contributed by atoms with Crippen LogP contribution in [0.25, 0.3) is 11.1 Å². The van der Waals surface area contributed by atoms with Crippen molar-refractivity contribution in [2.75, 3.05) is 19.8 Å². The number of carbonyl (C=O) groups is 3. The van der Waals surface area contributed by atoms with Crippen molar-refractivity contribution in [3.05, 3.63) is 59.7 Å². The van der Waals surface area contributed by atoms with Crippen molar-refractivity contribution in [2.45, 2.75) is 32.3 Å². The molecule has 2 aromatic rings. The minimum absolute atomic E-state index is 0.0510. The molecule has 0 saturated heterocycles. The topological polar surface area (TPSA) is 105 Å². The number of benzene rings is 2. The first-order chi connectivity index (χ1) is 14.7. The molecule has 8 nitrogen and oxygen atoms in total. The monoisotopic (exact) mass is 426 g/mol. The fourth-order valence-corrected chi connectivity index (χ4v) is 3.51. The van der Waals surface area contributed by atoms with E-state index in [9.17, 15) is 14.4 Å². The molecule has 0 radical (unpaired) electrons. The summed E-state index contributed by atoms with van der Waals surface area (Å²) >= 11 is 0. The number of nitrogens with zero attached hydrogens (tertiary/aromatic N) is 1. The number of nitrogens with one attached hydrogen (secondary N) is 1. The number of carbonyl (C=O) groups excluding carboxylic acids is 2. The van der Waals surface area contributed by atoms with Gasteiger partial charge in [-0.05, 0) is 43.0 Å². The van der Waals surface area contributed by atoms with E-state index in [-0.39, 0.29) is 19.2 Å². The van der Waals surface area contributed by atoms with Crippen LogP contribution in [0.4, 0.5) is 9.59 Å². The lowest BCUT2D eigenvalue weighted by Gasteiger charge is -2.24. The van der Waals surface area contributed by atoms with Crippen LogP contribution in [-0.2, 0) is 14.3 Å². The molecule has 0 aromatic heterocycles. The number of rotatable bonds is 6. The maximum atomic E-state index is 12.6. The van der Waals surface area contributed by atoms with Crippen molar-refractivity contribution in [2.24, 2.45) is 0 Å². The number of aliphatic carboxylic acids is 1. The van der Waals surface area contributed by atoms with Crippen LogP contribution in [-0.4, -0.2) is 53.6 Å². The Labute approximate surface area is 180 Å². The van der Waals surface area contributed by atoms with Crippen molar-refractivity contribution in [1.82, 2.24) is 10.2 Å². The van der Waals surface area contributed by atoms with Crippen molar-refractivity contribution >= 4 is 18.2 Å². The molecule has 0 unspecified atom stereocenters. The van der Waals surface area contributed by atoms with E-state index >= 15 is 0 Å². The molecule has 0 spiro atoms. The fourth-order valence-electron chi connectivity index (χ4n) is 3.51. The maximum Gasteiger partial charge on any atom is 0.411 e. The Kier molecular flexibility index (Phi) is 6.48. The number of carboxylic acids is 1. The summed E-state index contributed by atoms with van der Waals surface area (Å²) in [6, 6.07) is 15.8. The van der Waals surface area contributed by atoms with Crippen molar-refractivity contribution < 1.29 is 29.0 Å². The average Bonchev–Trinajstić information content (AvgIpc) is 3.01. The zero-order valence-corrected chi connectivity index (χ0v) is 17.8. The molecule has 1 aliphatic rings. The third kappa shape index (κ3) is 5.53. The highest BCUT2D eigenvalue weighted by Gasteiger charge is 2.30.